The molecule has 11 heteroatoms. The van der Waals surface area contributed by atoms with Crippen LogP contribution >= 0.6 is 0 Å². The Hall–Kier alpha value is -4.61. The van der Waals surface area contributed by atoms with Crippen LogP contribution in [0, 0.1) is 0 Å². The number of rotatable bonds is 9. The molecule has 216 valence electrons. The zero-order valence-corrected chi connectivity index (χ0v) is 24.2. The molecule has 1 aliphatic rings. The number of benzene rings is 1. The Morgan fingerprint density at radius 2 is 1.88 bits per heavy atom. The van der Waals surface area contributed by atoms with Crippen molar-refractivity contribution in [2.24, 2.45) is 7.05 Å². The van der Waals surface area contributed by atoms with Crippen LogP contribution in [0.4, 0.5) is 17.3 Å². The van der Waals surface area contributed by atoms with Gasteiger partial charge in [-0.3, -0.25) is 14.3 Å². The highest BCUT2D eigenvalue weighted by Crippen LogP contribution is 2.24. The smallest absolute Gasteiger partial charge is 0.261 e. The molecule has 5 aromatic rings. The molecule has 1 fully saturated rings. The van der Waals surface area contributed by atoms with Crippen molar-refractivity contribution in [1.29, 1.82) is 0 Å². The fraction of sp³-hybridized carbons (Fsp3) is 0.323. The van der Waals surface area contributed by atoms with Gasteiger partial charge in [-0.05, 0) is 75.9 Å². The molecule has 1 saturated heterocycles. The average molecular weight is 565 g/mol. The Balaban J connectivity index is 1.28. The van der Waals surface area contributed by atoms with Gasteiger partial charge in [0, 0.05) is 67.4 Å². The number of fused-ring (bicyclic) bond motifs is 1. The lowest BCUT2D eigenvalue weighted by atomic mass is 10.1. The predicted molar refractivity (Wildman–Crippen MR) is 167 cm³/mol. The summed E-state index contributed by atoms with van der Waals surface area (Å²) in [6, 6.07) is 14.3. The highest BCUT2D eigenvalue weighted by atomic mass is 16.1. The van der Waals surface area contributed by atoms with Crippen molar-refractivity contribution < 1.29 is 0 Å². The highest BCUT2D eigenvalue weighted by Gasteiger charge is 2.16. The second-order valence-electron chi connectivity index (χ2n) is 11.0. The summed E-state index contributed by atoms with van der Waals surface area (Å²) in [7, 11) is 5.91. The number of hydrogen-bond donors (Lipinski definition) is 3. The summed E-state index contributed by atoms with van der Waals surface area (Å²) >= 11 is 0. The maximum absolute atomic E-state index is 13.8. The molecular weight excluding hydrogens is 528 g/mol. The van der Waals surface area contributed by atoms with E-state index in [0.717, 1.165) is 41.1 Å². The van der Waals surface area contributed by atoms with Crippen LogP contribution < -0.4 is 21.5 Å². The molecule has 0 saturated carbocycles. The second kappa shape index (κ2) is 12.1. The van der Waals surface area contributed by atoms with Gasteiger partial charge in [-0.2, -0.15) is 4.98 Å². The van der Waals surface area contributed by atoms with Gasteiger partial charge in [0.25, 0.3) is 5.56 Å². The minimum Gasteiger partial charge on any atom is -0.381 e. The summed E-state index contributed by atoms with van der Waals surface area (Å²) in [4.78, 5) is 34.1. The third-order valence-corrected chi connectivity index (χ3v) is 7.56. The lowest BCUT2D eigenvalue weighted by molar-refractivity contribution is 0.384. The summed E-state index contributed by atoms with van der Waals surface area (Å²) in [5.74, 6) is 0.434. The van der Waals surface area contributed by atoms with Gasteiger partial charge in [-0.15, -0.1) is 0 Å². The lowest BCUT2D eigenvalue weighted by Gasteiger charge is -2.24. The van der Waals surface area contributed by atoms with E-state index in [4.69, 9.17) is 4.98 Å². The Morgan fingerprint density at radius 3 is 2.57 bits per heavy atom. The van der Waals surface area contributed by atoms with Crippen molar-refractivity contribution in [3.05, 3.63) is 77.7 Å². The number of imidazole rings is 1. The summed E-state index contributed by atoms with van der Waals surface area (Å²) in [6.45, 7) is 3.24. The molecule has 0 spiro atoms. The summed E-state index contributed by atoms with van der Waals surface area (Å²) < 4.78 is 3.66. The first-order chi connectivity index (χ1) is 20.4. The number of piperidine rings is 1. The summed E-state index contributed by atoms with van der Waals surface area (Å²) in [5.41, 5.74) is 5.40. The van der Waals surface area contributed by atoms with Crippen LogP contribution in [0.3, 0.4) is 0 Å². The maximum Gasteiger partial charge on any atom is 0.261 e. The van der Waals surface area contributed by atoms with Gasteiger partial charge >= 0.3 is 0 Å². The quantitative estimate of drug-likeness (QED) is 0.246. The van der Waals surface area contributed by atoms with Gasteiger partial charge in [0.05, 0.1) is 29.5 Å². The van der Waals surface area contributed by atoms with Crippen molar-refractivity contribution >= 4 is 28.4 Å². The minimum absolute atomic E-state index is 0.137. The summed E-state index contributed by atoms with van der Waals surface area (Å²) in [5, 5.41) is 11.1. The van der Waals surface area contributed by atoms with Gasteiger partial charge in [0.2, 0.25) is 5.95 Å². The number of hydrogen-bond acceptors (Lipinski definition) is 9. The molecule has 3 N–H and O–H groups in total. The third-order valence-electron chi connectivity index (χ3n) is 7.56. The zero-order chi connectivity index (χ0) is 29.1. The number of aromatic nitrogens is 6. The van der Waals surface area contributed by atoms with Crippen LogP contribution in [0.25, 0.3) is 33.5 Å². The number of nitrogens with zero attached hydrogens (tertiary/aromatic N) is 7. The fourth-order valence-electron chi connectivity index (χ4n) is 5.24. The largest absolute Gasteiger partial charge is 0.381 e. The van der Waals surface area contributed by atoms with Gasteiger partial charge in [0.1, 0.15) is 5.65 Å². The van der Waals surface area contributed by atoms with Gasteiger partial charge in [-0.1, -0.05) is 0 Å². The zero-order valence-electron chi connectivity index (χ0n) is 24.2. The van der Waals surface area contributed by atoms with Crippen molar-refractivity contribution in [2.45, 2.75) is 25.4 Å². The van der Waals surface area contributed by atoms with E-state index >= 15 is 0 Å². The van der Waals surface area contributed by atoms with Gasteiger partial charge < -0.3 is 25.4 Å². The second-order valence-corrected chi connectivity index (χ2v) is 11.0. The predicted octanol–water partition coefficient (Wildman–Crippen LogP) is 3.72. The van der Waals surface area contributed by atoms with Gasteiger partial charge in [-0.25, -0.2) is 9.97 Å². The Morgan fingerprint density at radius 1 is 1.05 bits per heavy atom. The molecule has 4 aromatic heterocycles. The van der Waals surface area contributed by atoms with E-state index in [1.807, 2.05) is 60.9 Å². The van der Waals surface area contributed by atoms with E-state index in [-0.39, 0.29) is 5.56 Å². The normalized spacial score (nSPS) is 15.3. The van der Waals surface area contributed by atoms with E-state index in [1.54, 1.807) is 29.5 Å². The third kappa shape index (κ3) is 6.02. The topological polar surface area (TPSA) is 118 Å². The molecule has 6 rings (SSSR count). The number of pyridine rings is 2. The van der Waals surface area contributed by atoms with Crippen LogP contribution in [0.15, 0.2) is 72.2 Å². The molecule has 1 atom stereocenters. The van der Waals surface area contributed by atoms with Crippen molar-refractivity contribution in [3.8, 4) is 22.5 Å². The van der Waals surface area contributed by atoms with Crippen LogP contribution in [0.5, 0.6) is 0 Å². The number of likely N-dealkylation sites (N-methyl/N-ethyl adjacent to an activating group) is 1. The molecule has 1 aliphatic heterocycles. The SMILES string of the molecule is CN(C)CCn1c(=O)c(-c2ccc(-c3cncn3C)cn2)cc2cnc(Nc3ccc(NC4CCCNC4)cc3)nc21. The fourth-order valence-corrected chi connectivity index (χ4v) is 5.24. The number of anilines is 3. The van der Waals surface area contributed by atoms with Gasteiger partial charge in [0.15, 0.2) is 0 Å². The maximum atomic E-state index is 13.8. The first-order valence-electron chi connectivity index (χ1n) is 14.3. The Kier molecular flexibility index (Phi) is 7.93. The molecule has 1 unspecified atom stereocenters. The van der Waals surface area contributed by atoms with E-state index in [0.29, 0.717) is 42.0 Å². The molecule has 0 amide bonds. The van der Waals surface area contributed by atoms with Crippen LogP contribution in [-0.2, 0) is 13.6 Å². The molecule has 1 aromatic carbocycles. The van der Waals surface area contributed by atoms with Crippen LogP contribution in [-0.4, -0.2) is 73.7 Å². The lowest BCUT2D eigenvalue weighted by Crippen LogP contribution is -2.38. The standard InChI is InChI=1S/C31H36N10O/c1-39(2)13-14-41-29-22(15-26(30(41)42)27-11-6-21(16-34-27)28-19-33-20-40(28)3)17-35-31(38-29)37-24-9-7-23(8-10-24)36-25-5-4-12-32-18-25/h6-11,15-17,19-20,25,32,36H,4-5,12-14,18H2,1-3H3,(H,35,37,38). The average Bonchev–Trinajstić information content (AvgIpc) is 3.44. The molecule has 0 aliphatic carbocycles. The number of aryl methyl sites for hydroxylation is 1. The molecule has 5 heterocycles. The van der Waals surface area contributed by atoms with Crippen LogP contribution in [0.1, 0.15) is 12.8 Å². The van der Waals surface area contributed by atoms with Crippen LogP contribution in [0.2, 0.25) is 0 Å². The van der Waals surface area contributed by atoms with Crippen molar-refractivity contribution in [3.63, 3.8) is 0 Å². The molecule has 0 radical (unpaired) electrons. The molecular formula is C31H36N10O. The number of nitrogens with one attached hydrogen (secondary N) is 3. The Labute approximate surface area is 244 Å². The van der Waals surface area contributed by atoms with E-state index in [9.17, 15) is 4.79 Å². The van der Waals surface area contributed by atoms with Crippen molar-refractivity contribution in [2.75, 3.05) is 44.4 Å². The first-order valence-corrected chi connectivity index (χ1v) is 14.3. The van der Waals surface area contributed by atoms with E-state index in [1.165, 1.54) is 12.8 Å². The summed E-state index contributed by atoms with van der Waals surface area (Å²) in [6.07, 6.45) is 9.44. The molecule has 11 nitrogen and oxygen atoms in total. The monoisotopic (exact) mass is 564 g/mol. The highest BCUT2D eigenvalue weighted by molar-refractivity contribution is 5.81. The Bertz CT molecular complexity index is 1720. The van der Waals surface area contributed by atoms with Crippen molar-refractivity contribution in [1.82, 2.24) is 39.3 Å². The first kappa shape index (κ1) is 27.6. The van der Waals surface area contributed by atoms with E-state index < -0.39 is 0 Å². The molecule has 42 heavy (non-hydrogen) atoms. The minimum atomic E-state index is -0.137. The van der Waals surface area contributed by atoms with E-state index in [2.05, 4.69) is 43.0 Å². The molecule has 0 bridgehead atoms.